The predicted molar refractivity (Wildman–Crippen MR) is 121 cm³/mol. The lowest BCUT2D eigenvalue weighted by Gasteiger charge is -2.30. The summed E-state index contributed by atoms with van der Waals surface area (Å²) in [4.78, 5) is 19.5. The lowest BCUT2D eigenvalue weighted by Crippen LogP contribution is -2.44. The molecule has 2 heterocycles. The van der Waals surface area contributed by atoms with E-state index in [0.29, 0.717) is 38.6 Å². The quantitative estimate of drug-likeness (QED) is 0.474. The van der Waals surface area contributed by atoms with Crippen LogP contribution in [0, 0.1) is 0 Å². The van der Waals surface area contributed by atoms with Crippen molar-refractivity contribution in [2.45, 2.75) is 24.7 Å². The van der Waals surface area contributed by atoms with Gasteiger partial charge in [-0.1, -0.05) is 36.0 Å². The Morgan fingerprint density at radius 1 is 1.23 bits per heavy atom. The van der Waals surface area contributed by atoms with Crippen molar-refractivity contribution in [2.24, 2.45) is 0 Å². The lowest BCUT2D eigenvalue weighted by molar-refractivity contribution is -0.129. The second-order valence-electron chi connectivity index (χ2n) is 7.25. The lowest BCUT2D eigenvalue weighted by atomic mass is 10.2. The average Bonchev–Trinajstić information content (AvgIpc) is 3.16. The van der Waals surface area contributed by atoms with E-state index in [1.165, 1.54) is 11.8 Å². The third kappa shape index (κ3) is 4.97. The molecule has 0 aliphatic carbocycles. The molecule has 0 bridgehead atoms. The van der Waals surface area contributed by atoms with E-state index < -0.39 is 0 Å². The molecule has 1 aliphatic rings. The highest BCUT2D eigenvalue weighted by atomic mass is 32.2. The molecule has 8 heteroatoms. The number of amides is 1. The van der Waals surface area contributed by atoms with Gasteiger partial charge in [-0.3, -0.25) is 4.79 Å². The summed E-state index contributed by atoms with van der Waals surface area (Å²) < 4.78 is 19.2. The molecular weight excluding hydrogens is 414 g/mol. The van der Waals surface area contributed by atoms with E-state index in [2.05, 4.69) is 4.57 Å². The summed E-state index contributed by atoms with van der Waals surface area (Å²) in [5, 5.41) is 0.828. The van der Waals surface area contributed by atoms with Crippen LogP contribution in [0.4, 0.5) is 0 Å². The third-order valence-electron chi connectivity index (χ3n) is 5.19. The highest BCUT2D eigenvalue weighted by Crippen LogP contribution is 2.31. The van der Waals surface area contributed by atoms with Gasteiger partial charge in [0.2, 0.25) is 5.91 Å². The molecule has 0 radical (unpaired) electrons. The molecule has 0 saturated heterocycles. The topological polar surface area (TPSA) is 65.8 Å². The number of rotatable bonds is 9. The number of methoxy groups -OCH3 is 1. The molecule has 0 saturated carbocycles. The van der Waals surface area contributed by atoms with Gasteiger partial charge in [0.15, 0.2) is 22.8 Å². The van der Waals surface area contributed by atoms with Gasteiger partial charge in [-0.15, -0.1) is 0 Å². The smallest absolute Gasteiger partial charge is 0.233 e. The molecule has 164 valence electrons. The average molecular weight is 442 g/mol. The first-order valence-corrected chi connectivity index (χ1v) is 11.4. The molecule has 1 aromatic heterocycles. The molecule has 1 aliphatic heterocycles. The Kier molecular flexibility index (Phi) is 6.99. The van der Waals surface area contributed by atoms with E-state index >= 15 is 0 Å². The van der Waals surface area contributed by atoms with E-state index in [-0.39, 0.29) is 12.0 Å². The summed E-state index contributed by atoms with van der Waals surface area (Å²) in [5.41, 5.74) is 1.97. The number of hydrogen-bond donors (Lipinski definition) is 0. The van der Waals surface area contributed by atoms with Gasteiger partial charge in [-0.05, 0) is 31.2 Å². The number of para-hydroxylation sites is 4. The van der Waals surface area contributed by atoms with E-state index in [1.807, 2.05) is 60.4 Å². The van der Waals surface area contributed by atoms with Gasteiger partial charge in [0.25, 0.3) is 0 Å². The van der Waals surface area contributed by atoms with Crippen LogP contribution in [0.15, 0.2) is 53.7 Å². The van der Waals surface area contributed by atoms with Gasteiger partial charge >= 0.3 is 0 Å². The Hall–Kier alpha value is -2.71. The summed E-state index contributed by atoms with van der Waals surface area (Å²) in [6, 6.07) is 15.6. The van der Waals surface area contributed by atoms with E-state index in [0.717, 1.165) is 27.7 Å². The number of hydrogen-bond acceptors (Lipinski definition) is 6. The summed E-state index contributed by atoms with van der Waals surface area (Å²) in [6.45, 7) is 4.79. The van der Waals surface area contributed by atoms with Crippen molar-refractivity contribution in [3.63, 3.8) is 0 Å². The Balaban J connectivity index is 1.39. The minimum absolute atomic E-state index is 0.0558. The molecule has 0 fully saturated rings. The molecule has 1 amide bonds. The second-order valence-corrected chi connectivity index (χ2v) is 8.19. The van der Waals surface area contributed by atoms with Crippen LogP contribution >= 0.6 is 11.8 Å². The molecule has 7 nitrogen and oxygen atoms in total. The molecule has 0 N–H and O–H groups in total. The van der Waals surface area contributed by atoms with E-state index in [4.69, 9.17) is 19.2 Å². The minimum Gasteiger partial charge on any atom is -0.486 e. The SMILES string of the molecule is CCN(C[C@H]1COc2ccccc2O1)C(=O)CSc1nc2ccccc2n1CCOC. The van der Waals surface area contributed by atoms with E-state index in [9.17, 15) is 4.79 Å². The minimum atomic E-state index is -0.185. The molecular formula is C23H27N3O4S. The van der Waals surface area contributed by atoms with Crippen molar-refractivity contribution in [3.05, 3.63) is 48.5 Å². The number of aromatic nitrogens is 2. The number of nitrogens with zero attached hydrogens (tertiary/aromatic N) is 3. The van der Waals surface area contributed by atoms with Crippen molar-refractivity contribution in [2.75, 3.05) is 39.2 Å². The monoisotopic (exact) mass is 441 g/mol. The molecule has 2 aromatic carbocycles. The first-order chi connectivity index (χ1) is 15.2. The molecule has 0 unspecified atom stereocenters. The zero-order valence-corrected chi connectivity index (χ0v) is 18.6. The van der Waals surface area contributed by atoms with Crippen LogP contribution in [0.25, 0.3) is 11.0 Å². The number of carbonyl (C=O) groups excluding carboxylic acids is 1. The zero-order valence-electron chi connectivity index (χ0n) is 17.8. The number of likely N-dealkylation sites (N-methyl/N-ethyl adjacent to an activating group) is 1. The van der Waals surface area contributed by atoms with Crippen LogP contribution in [0.2, 0.25) is 0 Å². The van der Waals surface area contributed by atoms with Crippen molar-refractivity contribution in [3.8, 4) is 11.5 Å². The van der Waals surface area contributed by atoms with Gasteiger partial charge in [0.1, 0.15) is 6.61 Å². The number of carbonyl (C=O) groups is 1. The maximum atomic E-state index is 13.0. The molecule has 3 aromatic rings. The van der Waals surface area contributed by atoms with Crippen molar-refractivity contribution in [1.29, 1.82) is 0 Å². The van der Waals surface area contributed by atoms with Gasteiger partial charge in [0.05, 0.1) is 29.9 Å². The first kappa shape index (κ1) is 21.5. The van der Waals surface area contributed by atoms with Crippen LogP contribution in [-0.2, 0) is 16.1 Å². The van der Waals surface area contributed by atoms with Gasteiger partial charge < -0.3 is 23.7 Å². The second kappa shape index (κ2) is 10.1. The fourth-order valence-corrected chi connectivity index (χ4v) is 4.53. The predicted octanol–water partition coefficient (Wildman–Crippen LogP) is 3.46. The van der Waals surface area contributed by atoms with E-state index in [1.54, 1.807) is 7.11 Å². The fourth-order valence-electron chi connectivity index (χ4n) is 3.59. The molecule has 0 spiro atoms. The van der Waals surface area contributed by atoms with Crippen LogP contribution in [0.3, 0.4) is 0 Å². The normalized spacial score (nSPS) is 15.2. The van der Waals surface area contributed by atoms with Gasteiger partial charge in [-0.2, -0.15) is 0 Å². The Labute approximate surface area is 186 Å². The highest BCUT2D eigenvalue weighted by molar-refractivity contribution is 7.99. The molecule has 31 heavy (non-hydrogen) atoms. The maximum absolute atomic E-state index is 13.0. The number of benzene rings is 2. The first-order valence-electron chi connectivity index (χ1n) is 10.4. The van der Waals surface area contributed by atoms with Crippen molar-refractivity contribution < 1.29 is 19.0 Å². The zero-order chi connectivity index (χ0) is 21.6. The van der Waals surface area contributed by atoms with Crippen LogP contribution in [-0.4, -0.2) is 65.6 Å². The Morgan fingerprint density at radius 3 is 2.81 bits per heavy atom. The summed E-state index contributed by atoms with van der Waals surface area (Å²) in [6.07, 6.45) is -0.185. The number of ether oxygens (including phenoxy) is 3. The largest absolute Gasteiger partial charge is 0.486 e. The van der Waals surface area contributed by atoms with Gasteiger partial charge in [0, 0.05) is 20.2 Å². The van der Waals surface area contributed by atoms with Crippen LogP contribution in [0.1, 0.15) is 6.92 Å². The number of fused-ring (bicyclic) bond motifs is 2. The maximum Gasteiger partial charge on any atom is 0.233 e. The van der Waals surface area contributed by atoms with Gasteiger partial charge in [-0.25, -0.2) is 4.98 Å². The standard InChI is InChI=1S/C23H27N3O4S/c1-3-25(14-17-15-29-20-10-6-7-11-21(20)30-17)22(27)16-31-23-24-18-8-4-5-9-19(18)26(23)12-13-28-2/h4-11,17H,3,12-16H2,1-2H3/t17-/m0/s1. The van der Waals surface area contributed by atoms with Crippen LogP contribution in [0.5, 0.6) is 11.5 Å². The number of imidazole rings is 1. The Morgan fingerprint density at radius 2 is 2.00 bits per heavy atom. The van der Waals surface area contributed by atoms with Crippen molar-refractivity contribution >= 4 is 28.7 Å². The summed E-state index contributed by atoms with van der Waals surface area (Å²) >= 11 is 1.46. The molecule has 1 atom stereocenters. The van der Waals surface area contributed by atoms with Crippen LogP contribution < -0.4 is 9.47 Å². The summed E-state index contributed by atoms with van der Waals surface area (Å²) in [7, 11) is 1.68. The Bertz CT molecular complexity index is 1040. The summed E-state index contributed by atoms with van der Waals surface area (Å²) in [5.74, 6) is 1.84. The van der Waals surface area contributed by atoms with Crippen molar-refractivity contribution in [1.82, 2.24) is 14.5 Å². The number of thioether (sulfide) groups is 1. The third-order valence-corrected chi connectivity index (χ3v) is 6.15. The highest BCUT2D eigenvalue weighted by Gasteiger charge is 2.25. The molecule has 4 rings (SSSR count). The fraction of sp³-hybridized carbons (Fsp3) is 0.391.